The van der Waals surface area contributed by atoms with E-state index in [4.69, 9.17) is 0 Å². The Bertz CT molecular complexity index is 516. The summed E-state index contributed by atoms with van der Waals surface area (Å²) in [5, 5.41) is 3.33. The molecule has 0 saturated carbocycles. The second kappa shape index (κ2) is 7.92. The first-order valence-electron chi connectivity index (χ1n) is 7.48. The van der Waals surface area contributed by atoms with E-state index >= 15 is 0 Å². The van der Waals surface area contributed by atoms with E-state index in [1.54, 1.807) is 0 Å². The van der Waals surface area contributed by atoms with Crippen LogP contribution in [0.3, 0.4) is 0 Å². The van der Waals surface area contributed by atoms with Gasteiger partial charge in [-0.2, -0.15) is 0 Å². The molecule has 1 aromatic rings. The van der Waals surface area contributed by atoms with E-state index < -0.39 is 10.0 Å². The van der Waals surface area contributed by atoms with Gasteiger partial charge in [-0.05, 0) is 29.5 Å². The Morgan fingerprint density at radius 1 is 1.05 bits per heavy atom. The number of sulfonamides is 1. The molecule has 0 aliphatic carbocycles. The molecule has 0 radical (unpaired) electrons. The molecule has 21 heavy (non-hydrogen) atoms. The molecule has 120 valence electrons. The quantitative estimate of drug-likeness (QED) is 0.726. The monoisotopic (exact) mass is 312 g/mol. The van der Waals surface area contributed by atoms with Gasteiger partial charge in [0.2, 0.25) is 10.0 Å². The van der Waals surface area contributed by atoms with Gasteiger partial charge in [-0.3, -0.25) is 0 Å². The van der Waals surface area contributed by atoms with Gasteiger partial charge in [0, 0.05) is 13.1 Å². The molecule has 1 rings (SSSR count). The van der Waals surface area contributed by atoms with Crippen LogP contribution in [-0.4, -0.2) is 21.5 Å². The third-order valence-electron chi connectivity index (χ3n) is 2.96. The third kappa shape index (κ3) is 8.19. The fourth-order valence-electron chi connectivity index (χ4n) is 1.76. The summed E-state index contributed by atoms with van der Waals surface area (Å²) in [4.78, 5) is 0. The van der Waals surface area contributed by atoms with Crippen LogP contribution in [0.25, 0.3) is 0 Å². The average Bonchev–Trinajstić information content (AvgIpc) is 2.38. The minimum absolute atomic E-state index is 0.0335. The van der Waals surface area contributed by atoms with Crippen molar-refractivity contribution < 1.29 is 8.42 Å². The fraction of sp³-hybridized carbons (Fsp3) is 0.625. The van der Waals surface area contributed by atoms with Gasteiger partial charge in [0.15, 0.2) is 0 Å². The molecule has 5 heteroatoms. The van der Waals surface area contributed by atoms with Crippen molar-refractivity contribution in [3.8, 4) is 0 Å². The van der Waals surface area contributed by atoms with Crippen LogP contribution in [0.15, 0.2) is 24.3 Å². The molecule has 0 saturated heterocycles. The van der Waals surface area contributed by atoms with Crippen LogP contribution in [-0.2, 0) is 22.3 Å². The Kier molecular flexibility index (Phi) is 6.84. The van der Waals surface area contributed by atoms with Crippen molar-refractivity contribution in [3.63, 3.8) is 0 Å². The van der Waals surface area contributed by atoms with Crippen molar-refractivity contribution in [2.45, 2.75) is 46.4 Å². The van der Waals surface area contributed by atoms with E-state index in [1.807, 2.05) is 45.0 Å². The van der Waals surface area contributed by atoms with E-state index in [0.29, 0.717) is 6.54 Å². The maximum Gasteiger partial charge on any atom is 0.215 e. The van der Waals surface area contributed by atoms with Gasteiger partial charge in [0.1, 0.15) is 0 Å². The Balaban J connectivity index is 2.54. The van der Waals surface area contributed by atoms with Gasteiger partial charge < -0.3 is 5.32 Å². The molecule has 4 nitrogen and oxygen atoms in total. The summed E-state index contributed by atoms with van der Waals surface area (Å²) >= 11 is 0. The van der Waals surface area contributed by atoms with Crippen molar-refractivity contribution >= 4 is 10.0 Å². The van der Waals surface area contributed by atoms with Gasteiger partial charge in [-0.15, -0.1) is 0 Å². The normalized spacial score (nSPS) is 12.6. The molecule has 0 aliphatic heterocycles. The Morgan fingerprint density at radius 2 is 1.62 bits per heavy atom. The molecule has 0 heterocycles. The third-order valence-corrected chi connectivity index (χ3v) is 4.26. The summed E-state index contributed by atoms with van der Waals surface area (Å²) in [6.45, 7) is 10.4. The second-order valence-corrected chi connectivity index (χ2v) is 8.44. The highest BCUT2D eigenvalue weighted by molar-refractivity contribution is 7.88. The van der Waals surface area contributed by atoms with Gasteiger partial charge >= 0.3 is 0 Å². The van der Waals surface area contributed by atoms with Crippen LogP contribution >= 0.6 is 0 Å². The van der Waals surface area contributed by atoms with Gasteiger partial charge in [-0.25, -0.2) is 13.1 Å². The summed E-state index contributed by atoms with van der Waals surface area (Å²) in [6, 6.07) is 7.74. The standard InChI is InChI=1S/C16H28N2O2S/c1-5-10-17-11-14-6-8-15(9-7-14)12-21(19,20)18-13-16(2,3)4/h6-9,17-18H,5,10-13H2,1-4H3. The van der Waals surface area contributed by atoms with Gasteiger partial charge in [0.25, 0.3) is 0 Å². The molecular formula is C16H28N2O2S. The van der Waals surface area contributed by atoms with Crippen LogP contribution in [0, 0.1) is 5.41 Å². The van der Waals surface area contributed by atoms with Crippen molar-refractivity contribution in [1.29, 1.82) is 0 Å². The lowest BCUT2D eigenvalue weighted by molar-refractivity contribution is 0.407. The smallest absolute Gasteiger partial charge is 0.215 e. The molecule has 1 aromatic carbocycles. The number of hydrogen-bond donors (Lipinski definition) is 2. The van der Waals surface area contributed by atoms with Gasteiger partial charge in [0.05, 0.1) is 5.75 Å². The molecule has 0 spiro atoms. The average molecular weight is 312 g/mol. The van der Waals surface area contributed by atoms with Crippen LogP contribution in [0.5, 0.6) is 0 Å². The van der Waals surface area contributed by atoms with Crippen LogP contribution in [0.1, 0.15) is 45.2 Å². The summed E-state index contributed by atoms with van der Waals surface area (Å²) in [5.41, 5.74) is 1.94. The molecule has 0 amide bonds. The molecular weight excluding hydrogens is 284 g/mol. The predicted octanol–water partition coefficient (Wildman–Crippen LogP) is 2.65. The Morgan fingerprint density at radius 3 is 2.14 bits per heavy atom. The Labute approximate surface area is 129 Å². The van der Waals surface area contributed by atoms with E-state index in [-0.39, 0.29) is 11.2 Å². The number of nitrogens with one attached hydrogen (secondary N) is 2. The summed E-state index contributed by atoms with van der Waals surface area (Å²) in [5.74, 6) is 0.0335. The lowest BCUT2D eigenvalue weighted by atomic mass is 9.98. The summed E-state index contributed by atoms with van der Waals surface area (Å²) < 4.78 is 26.7. The molecule has 0 bridgehead atoms. The fourth-order valence-corrected chi connectivity index (χ4v) is 3.15. The summed E-state index contributed by atoms with van der Waals surface area (Å²) in [6.07, 6.45) is 1.11. The second-order valence-electron chi connectivity index (χ2n) is 6.63. The van der Waals surface area contributed by atoms with Crippen LogP contribution in [0.4, 0.5) is 0 Å². The number of hydrogen-bond acceptors (Lipinski definition) is 3. The minimum Gasteiger partial charge on any atom is -0.313 e. The first-order valence-corrected chi connectivity index (χ1v) is 9.13. The molecule has 0 fully saturated rings. The maximum atomic E-state index is 12.0. The molecule has 0 atom stereocenters. The molecule has 0 aliphatic rings. The minimum atomic E-state index is -3.27. The van der Waals surface area contributed by atoms with Gasteiger partial charge in [-0.1, -0.05) is 52.0 Å². The van der Waals surface area contributed by atoms with E-state index in [0.717, 1.165) is 25.1 Å². The topological polar surface area (TPSA) is 58.2 Å². The predicted molar refractivity (Wildman–Crippen MR) is 88.5 cm³/mol. The zero-order valence-corrected chi connectivity index (χ0v) is 14.4. The first-order chi connectivity index (χ1) is 9.72. The number of benzene rings is 1. The highest BCUT2D eigenvalue weighted by Crippen LogP contribution is 2.13. The van der Waals surface area contributed by atoms with E-state index in [1.165, 1.54) is 5.56 Å². The molecule has 2 N–H and O–H groups in total. The van der Waals surface area contributed by atoms with E-state index in [9.17, 15) is 8.42 Å². The van der Waals surface area contributed by atoms with Crippen LogP contribution in [0.2, 0.25) is 0 Å². The van der Waals surface area contributed by atoms with Crippen molar-refractivity contribution in [3.05, 3.63) is 35.4 Å². The highest BCUT2D eigenvalue weighted by Gasteiger charge is 2.16. The molecule has 0 aromatic heterocycles. The van der Waals surface area contributed by atoms with E-state index in [2.05, 4.69) is 17.0 Å². The summed E-state index contributed by atoms with van der Waals surface area (Å²) in [7, 11) is -3.27. The first kappa shape index (κ1) is 18.1. The van der Waals surface area contributed by atoms with Crippen LogP contribution < -0.4 is 10.0 Å². The SMILES string of the molecule is CCCNCc1ccc(CS(=O)(=O)NCC(C)(C)C)cc1. The lowest BCUT2D eigenvalue weighted by Gasteiger charge is -2.18. The van der Waals surface area contributed by atoms with Crippen molar-refractivity contribution in [2.75, 3.05) is 13.1 Å². The number of rotatable bonds is 8. The lowest BCUT2D eigenvalue weighted by Crippen LogP contribution is -2.33. The molecule has 0 unspecified atom stereocenters. The maximum absolute atomic E-state index is 12.0. The van der Waals surface area contributed by atoms with Crippen molar-refractivity contribution in [2.24, 2.45) is 5.41 Å². The largest absolute Gasteiger partial charge is 0.313 e. The highest BCUT2D eigenvalue weighted by atomic mass is 32.2. The zero-order valence-electron chi connectivity index (χ0n) is 13.6. The Hall–Kier alpha value is -0.910. The van der Waals surface area contributed by atoms with Crippen molar-refractivity contribution in [1.82, 2.24) is 10.0 Å². The zero-order chi connectivity index (χ0) is 15.9.